The van der Waals surface area contributed by atoms with Crippen LogP contribution in [0.2, 0.25) is 0 Å². The van der Waals surface area contributed by atoms with Crippen molar-refractivity contribution in [3.05, 3.63) is 0 Å². The molecule has 0 N–H and O–H groups in total. The Balaban J connectivity index is 2.25. The highest BCUT2D eigenvalue weighted by Gasteiger charge is 2.21. The van der Waals surface area contributed by atoms with Gasteiger partial charge in [0.05, 0.1) is 0 Å². The van der Waals surface area contributed by atoms with Crippen LogP contribution >= 0.6 is 12.6 Å². The van der Waals surface area contributed by atoms with E-state index >= 15 is 0 Å². The van der Waals surface area contributed by atoms with Crippen LogP contribution in [0.25, 0.3) is 0 Å². The van der Waals surface area contributed by atoms with Gasteiger partial charge in [0.25, 0.3) is 0 Å². The summed E-state index contributed by atoms with van der Waals surface area (Å²) in [5, 5.41) is 0. The molecule has 0 aromatic rings. The first-order chi connectivity index (χ1) is 7.03. The fraction of sp³-hybridized carbons (Fsp3) is 1.00. The zero-order valence-corrected chi connectivity index (χ0v) is 11.2. The first-order valence-corrected chi connectivity index (χ1v) is 6.54. The first kappa shape index (κ1) is 13.3. The molecule has 0 aromatic heterocycles. The van der Waals surface area contributed by atoms with Crippen LogP contribution in [0.1, 0.15) is 26.7 Å². The minimum Gasteiger partial charge on any atom is -0.381 e. The van der Waals surface area contributed by atoms with Crippen LogP contribution in [-0.4, -0.2) is 44.0 Å². The number of ether oxygens (including phenoxy) is 1. The summed E-state index contributed by atoms with van der Waals surface area (Å²) in [6, 6.07) is 0. The van der Waals surface area contributed by atoms with Crippen molar-refractivity contribution in [2.45, 2.75) is 26.7 Å². The van der Waals surface area contributed by atoms with Crippen molar-refractivity contribution < 1.29 is 4.74 Å². The topological polar surface area (TPSA) is 12.5 Å². The van der Waals surface area contributed by atoms with Crippen LogP contribution in [0.4, 0.5) is 0 Å². The molecule has 1 fully saturated rings. The van der Waals surface area contributed by atoms with Gasteiger partial charge in [-0.15, -0.1) is 0 Å². The predicted molar refractivity (Wildman–Crippen MR) is 68.7 cm³/mol. The molecular formula is C12H25NOS. The van der Waals surface area contributed by atoms with Crippen molar-refractivity contribution in [3.63, 3.8) is 0 Å². The zero-order chi connectivity index (χ0) is 11.3. The van der Waals surface area contributed by atoms with E-state index in [1.807, 2.05) is 0 Å². The number of nitrogens with zero attached hydrogens (tertiary/aromatic N) is 1. The number of rotatable bonds is 5. The molecule has 0 aromatic carbocycles. The molecule has 1 aliphatic heterocycles. The van der Waals surface area contributed by atoms with Gasteiger partial charge in [-0.25, -0.2) is 0 Å². The Morgan fingerprint density at radius 2 is 1.93 bits per heavy atom. The molecule has 15 heavy (non-hydrogen) atoms. The highest BCUT2D eigenvalue weighted by atomic mass is 32.1. The van der Waals surface area contributed by atoms with E-state index in [9.17, 15) is 0 Å². The van der Waals surface area contributed by atoms with Crippen LogP contribution in [-0.2, 0) is 4.74 Å². The first-order valence-electron chi connectivity index (χ1n) is 5.91. The molecule has 0 radical (unpaired) electrons. The molecule has 0 spiro atoms. The summed E-state index contributed by atoms with van der Waals surface area (Å²) in [7, 11) is 2.22. The van der Waals surface area contributed by atoms with Gasteiger partial charge in [0.15, 0.2) is 0 Å². The van der Waals surface area contributed by atoms with Gasteiger partial charge < -0.3 is 9.64 Å². The maximum Gasteiger partial charge on any atom is 0.0469 e. The third kappa shape index (κ3) is 5.23. The van der Waals surface area contributed by atoms with Crippen molar-refractivity contribution >= 4 is 12.6 Å². The number of hydrogen-bond donors (Lipinski definition) is 1. The van der Waals surface area contributed by atoms with E-state index in [1.165, 1.54) is 19.4 Å². The molecule has 1 rings (SSSR count). The van der Waals surface area contributed by atoms with Crippen LogP contribution < -0.4 is 0 Å². The standard InChI is InChI=1S/C12H25NOS/c1-12(2,10-15)9-13(3)8-11-4-6-14-7-5-11/h11,15H,4-10H2,1-3H3. The van der Waals surface area contributed by atoms with Gasteiger partial charge in [0.2, 0.25) is 0 Å². The molecule has 0 amide bonds. The highest BCUT2D eigenvalue weighted by Crippen LogP contribution is 2.20. The molecule has 0 unspecified atom stereocenters. The van der Waals surface area contributed by atoms with Gasteiger partial charge in [-0.2, -0.15) is 12.6 Å². The molecule has 0 atom stereocenters. The molecule has 1 saturated heterocycles. The van der Waals surface area contributed by atoms with Gasteiger partial charge in [0.1, 0.15) is 0 Å². The van der Waals surface area contributed by atoms with E-state index in [2.05, 4.69) is 38.4 Å². The second kappa shape index (κ2) is 6.12. The van der Waals surface area contributed by atoms with Gasteiger partial charge >= 0.3 is 0 Å². The van der Waals surface area contributed by atoms with E-state index in [0.717, 1.165) is 31.4 Å². The van der Waals surface area contributed by atoms with Gasteiger partial charge in [-0.1, -0.05) is 13.8 Å². The molecule has 0 bridgehead atoms. The molecule has 2 nitrogen and oxygen atoms in total. The van der Waals surface area contributed by atoms with E-state index < -0.39 is 0 Å². The summed E-state index contributed by atoms with van der Waals surface area (Å²) in [5.41, 5.74) is 0.322. The predicted octanol–water partition coefficient (Wildman–Crippen LogP) is 2.30. The maximum atomic E-state index is 5.37. The Hall–Kier alpha value is 0.270. The van der Waals surface area contributed by atoms with Crippen molar-refractivity contribution in [2.24, 2.45) is 11.3 Å². The minimum atomic E-state index is 0.322. The Morgan fingerprint density at radius 3 is 2.47 bits per heavy atom. The summed E-state index contributed by atoms with van der Waals surface area (Å²) in [6.07, 6.45) is 2.46. The smallest absolute Gasteiger partial charge is 0.0469 e. The van der Waals surface area contributed by atoms with Crippen molar-refractivity contribution in [1.29, 1.82) is 0 Å². The SMILES string of the molecule is CN(CC1CCOCC1)CC(C)(C)CS. The molecule has 1 aliphatic rings. The lowest BCUT2D eigenvalue weighted by Crippen LogP contribution is -2.37. The largest absolute Gasteiger partial charge is 0.381 e. The molecule has 3 heteroatoms. The third-order valence-corrected chi connectivity index (χ3v) is 3.89. The Morgan fingerprint density at radius 1 is 1.33 bits per heavy atom. The molecular weight excluding hydrogens is 206 g/mol. The highest BCUT2D eigenvalue weighted by molar-refractivity contribution is 7.80. The second-order valence-corrected chi connectivity index (χ2v) is 5.89. The third-order valence-electron chi connectivity index (χ3n) is 3.04. The van der Waals surface area contributed by atoms with E-state index in [4.69, 9.17) is 4.74 Å². The van der Waals surface area contributed by atoms with Gasteiger partial charge in [-0.05, 0) is 37.0 Å². The molecule has 0 saturated carbocycles. The number of hydrogen-bond acceptors (Lipinski definition) is 3. The fourth-order valence-electron chi connectivity index (χ4n) is 2.21. The van der Waals surface area contributed by atoms with Crippen LogP contribution in [0.5, 0.6) is 0 Å². The van der Waals surface area contributed by atoms with Crippen molar-refractivity contribution in [3.8, 4) is 0 Å². The second-order valence-electron chi connectivity index (χ2n) is 5.57. The van der Waals surface area contributed by atoms with Crippen LogP contribution in [0.3, 0.4) is 0 Å². The van der Waals surface area contributed by atoms with Gasteiger partial charge in [-0.3, -0.25) is 0 Å². The Labute approximate surface area is 99.8 Å². The monoisotopic (exact) mass is 231 g/mol. The quantitative estimate of drug-likeness (QED) is 0.729. The lowest BCUT2D eigenvalue weighted by atomic mass is 9.94. The molecule has 90 valence electrons. The zero-order valence-electron chi connectivity index (χ0n) is 10.3. The van der Waals surface area contributed by atoms with Crippen LogP contribution in [0.15, 0.2) is 0 Å². The van der Waals surface area contributed by atoms with Crippen LogP contribution in [0, 0.1) is 11.3 Å². The Bertz CT molecular complexity index is 178. The van der Waals surface area contributed by atoms with Crippen molar-refractivity contribution in [2.75, 3.05) is 39.1 Å². The molecule has 1 heterocycles. The summed E-state index contributed by atoms with van der Waals surface area (Å²) in [4.78, 5) is 2.45. The minimum absolute atomic E-state index is 0.322. The number of thiol groups is 1. The van der Waals surface area contributed by atoms with Gasteiger partial charge in [0, 0.05) is 26.3 Å². The summed E-state index contributed by atoms with van der Waals surface area (Å²) >= 11 is 4.40. The average Bonchev–Trinajstić information content (AvgIpc) is 2.18. The van der Waals surface area contributed by atoms with E-state index in [-0.39, 0.29) is 0 Å². The fourth-order valence-corrected chi connectivity index (χ4v) is 2.31. The normalized spacial score (nSPS) is 19.8. The molecule has 0 aliphatic carbocycles. The average molecular weight is 231 g/mol. The maximum absolute atomic E-state index is 5.37. The summed E-state index contributed by atoms with van der Waals surface area (Å²) in [6.45, 7) is 8.80. The summed E-state index contributed by atoms with van der Waals surface area (Å²) < 4.78 is 5.37. The summed E-state index contributed by atoms with van der Waals surface area (Å²) in [5.74, 6) is 1.78. The lowest BCUT2D eigenvalue weighted by Gasteiger charge is -2.32. The van der Waals surface area contributed by atoms with E-state index in [1.54, 1.807) is 0 Å². The van der Waals surface area contributed by atoms with Crippen molar-refractivity contribution in [1.82, 2.24) is 4.90 Å². The van der Waals surface area contributed by atoms with E-state index in [0.29, 0.717) is 5.41 Å². The lowest BCUT2D eigenvalue weighted by molar-refractivity contribution is 0.0522. The Kier molecular flexibility index (Phi) is 5.44.